The van der Waals surface area contributed by atoms with Crippen molar-refractivity contribution in [2.24, 2.45) is 4.99 Å². The Balaban J connectivity index is 2.06. The minimum atomic E-state index is -0.679. The highest BCUT2D eigenvalue weighted by atomic mass is 16.5. The van der Waals surface area contributed by atoms with Gasteiger partial charge in [0.1, 0.15) is 5.75 Å². The molecule has 0 bridgehead atoms. The van der Waals surface area contributed by atoms with Crippen LogP contribution in [-0.2, 0) is 16.0 Å². The van der Waals surface area contributed by atoms with Crippen molar-refractivity contribution >= 4 is 11.7 Å². The third kappa shape index (κ3) is 5.32. The van der Waals surface area contributed by atoms with E-state index in [1.807, 2.05) is 84.9 Å². The normalized spacial score (nSPS) is 11.4. The van der Waals surface area contributed by atoms with E-state index in [4.69, 9.17) is 14.5 Å². The zero-order valence-electron chi connectivity index (χ0n) is 16.7. The number of hydrogen-bond acceptors (Lipinski definition) is 4. The molecule has 1 atom stereocenters. The van der Waals surface area contributed by atoms with E-state index in [9.17, 15) is 4.79 Å². The number of carbonyl (C=O) groups excluding carboxylic acids is 1. The molecule has 0 fully saturated rings. The summed E-state index contributed by atoms with van der Waals surface area (Å²) >= 11 is 0. The van der Waals surface area contributed by atoms with Crippen LogP contribution < -0.4 is 4.74 Å². The summed E-state index contributed by atoms with van der Waals surface area (Å²) in [6.45, 7) is 2.11. The molecule has 29 heavy (non-hydrogen) atoms. The summed E-state index contributed by atoms with van der Waals surface area (Å²) in [6, 6.07) is 26.8. The average Bonchev–Trinajstić information content (AvgIpc) is 2.78. The summed E-state index contributed by atoms with van der Waals surface area (Å²) in [5.74, 6) is 0.390. The molecule has 4 nitrogen and oxygen atoms in total. The summed E-state index contributed by atoms with van der Waals surface area (Å²) in [5, 5.41) is 0. The van der Waals surface area contributed by atoms with E-state index in [0.29, 0.717) is 13.0 Å². The van der Waals surface area contributed by atoms with Crippen molar-refractivity contribution < 1.29 is 14.3 Å². The number of benzene rings is 3. The molecule has 0 amide bonds. The maximum Gasteiger partial charge on any atom is 0.331 e. The van der Waals surface area contributed by atoms with Crippen molar-refractivity contribution in [1.29, 1.82) is 0 Å². The van der Waals surface area contributed by atoms with Gasteiger partial charge in [-0.2, -0.15) is 0 Å². The Kier molecular flexibility index (Phi) is 7.17. The lowest BCUT2D eigenvalue weighted by Crippen LogP contribution is -2.26. The molecule has 0 aliphatic carbocycles. The zero-order valence-corrected chi connectivity index (χ0v) is 16.7. The molecule has 0 saturated carbocycles. The van der Waals surface area contributed by atoms with Gasteiger partial charge in [-0.05, 0) is 18.6 Å². The van der Waals surface area contributed by atoms with Gasteiger partial charge in [0.2, 0.25) is 0 Å². The Bertz CT molecular complexity index is 911. The van der Waals surface area contributed by atoms with Gasteiger partial charge in [-0.25, -0.2) is 4.79 Å². The van der Waals surface area contributed by atoms with Crippen LogP contribution in [0.1, 0.15) is 23.6 Å². The van der Waals surface area contributed by atoms with Crippen LogP contribution in [-0.4, -0.2) is 31.4 Å². The molecular weight excluding hydrogens is 362 g/mol. The van der Waals surface area contributed by atoms with E-state index >= 15 is 0 Å². The van der Waals surface area contributed by atoms with Gasteiger partial charge in [0.05, 0.1) is 19.4 Å². The lowest BCUT2D eigenvalue weighted by Gasteiger charge is -2.16. The largest absolute Gasteiger partial charge is 0.496 e. The van der Waals surface area contributed by atoms with Gasteiger partial charge in [0, 0.05) is 17.5 Å². The van der Waals surface area contributed by atoms with E-state index in [0.717, 1.165) is 28.2 Å². The maximum absolute atomic E-state index is 12.8. The van der Waals surface area contributed by atoms with Gasteiger partial charge in [-0.1, -0.05) is 78.9 Å². The molecule has 0 heterocycles. The first-order valence-electron chi connectivity index (χ1n) is 9.70. The first-order valence-corrected chi connectivity index (χ1v) is 9.70. The van der Waals surface area contributed by atoms with Crippen LogP contribution in [0.4, 0.5) is 0 Å². The van der Waals surface area contributed by atoms with Crippen LogP contribution in [0, 0.1) is 0 Å². The molecule has 0 spiro atoms. The Morgan fingerprint density at radius 1 is 0.862 bits per heavy atom. The van der Waals surface area contributed by atoms with Crippen molar-refractivity contribution in [1.82, 2.24) is 0 Å². The van der Waals surface area contributed by atoms with Crippen LogP contribution in [0.25, 0.3) is 0 Å². The van der Waals surface area contributed by atoms with E-state index < -0.39 is 6.04 Å². The predicted molar refractivity (Wildman–Crippen MR) is 116 cm³/mol. The Hall–Kier alpha value is -3.40. The second-order valence-electron chi connectivity index (χ2n) is 6.49. The number of rotatable bonds is 8. The number of carbonyl (C=O) groups is 1. The van der Waals surface area contributed by atoms with Crippen LogP contribution >= 0.6 is 0 Å². The molecular formula is C25H25NO3. The minimum Gasteiger partial charge on any atom is -0.496 e. The number of aliphatic imine (C=N–C) groups is 1. The maximum atomic E-state index is 12.8. The van der Waals surface area contributed by atoms with Gasteiger partial charge in [-0.15, -0.1) is 0 Å². The first-order chi connectivity index (χ1) is 14.2. The number of nitrogens with zero attached hydrogens (tertiary/aromatic N) is 1. The highest BCUT2D eigenvalue weighted by molar-refractivity contribution is 6.13. The second kappa shape index (κ2) is 10.2. The smallest absolute Gasteiger partial charge is 0.331 e. The highest BCUT2D eigenvalue weighted by Crippen LogP contribution is 2.22. The van der Waals surface area contributed by atoms with Crippen molar-refractivity contribution in [3.63, 3.8) is 0 Å². The van der Waals surface area contributed by atoms with E-state index in [2.05, 4.69) is 0 Å². The van der Waals surface area contributed by atoms with Gasteiger partial charge in [0.25, 0.3) is 0 Å². The number of para-hydroxylation sites is 1. The summed E-state index contributed by atoms with van der Waals surface area (Å²) in [5.41, 5.74) is 3.58. The SMILES string of the molecule is CCOC(=O)[C@H](Cc1ccccc1OC)N=C(c1ccccc1)c1ccccc1. The van der Waals surface area contributed by atoms with Crippen molar-refractivity contribution in [3.8, 4) is 5.75 Å². The lowest BCUT2D eigenvalue weighted by molar-refractivity contribution is -0.144. The van der Waals surface area contributed by atoms with Crippen LogP contribution in [0.2, 0.25) is 0 Å². The predicted octanol–water partition coefficient (Wildman–Crippen LogP) is 4.71. The summed E-state index contributed by atoms with van der Waals surface area (Å²) < 4.78 is 10.8. The molecule has 0 saturated heterocycles. The number of methoxy groups -OCH3 is 1. The monoisotopic (exact) mass is 387 g/mol. The fourth-order valence-corrected chi connectivity index (χ4v) is 3.16. The lowest BCUT2D eigenvalue weighted by atomic mass is 10.0. The van der Waals surface area contributed by atoms with Crippen molar-refractivity contribution in [2.75, 3.05) is 13.7 Å². The molecule has 3 rings (SSSR count). The van der Waals surface area contributed by atoms with Gasteiger partial charge in [0.15, 0.2) is 6.04 Å². The highest BCUT2D eigenvalue weighted by Gasteiger charge is 2.23. The van der Waals surface area contributed by atoms with Crippen LogP contribution in [0.5, 0.6) is 5.75 Å². The summed E-state index contributed by atoms with van der Waals surface area (Å²) in [6.07, 6.45) is 0.395. The molecule has 0 unspecified atom stereocenters. The number of hydrogen-bond donors (Lipinski definition) is 0. The van der Waals surface area contributed by atoms with Crippen LogP contribution in [0.15, 0.2) is 89.9 Å². The molecule has 0 aliphatic heterocycles. The van der Waals surface area contributed by atoms with E-state index in [1.54, 1.807) is 14.0 Å². The minimum absolute atomic E-state index is 0.308. The average molecular weight is 387 g/mol. The quantitative estimate of drug-likeness (QED) is 0.415. The molecule has 3 aromatic carbocycles. The fourth-order valence-electron chi connectivity index (χ4n) is 3.16. The Labute approximate surface area is 171 Å². The molecule has 0 radical (unpaired) electrons. The van der Waals surface area contributed by atoms with E-state index in [-0.39, 0.29) is 5.97 Å². The third-order valence-corrected chi connectivity index (χ3v) is 4.54. The summed E-state index contributed by atoms with van der Waals surface area (Å²) in [7, 11) is 1.63. The zero-order chi connectivity index (χ0) is 20.5. The van der Waals surface area contributed by atoms with Gasteiger partial charge < -0.3 is 9.47 Å². The Morgan fingerprint density at radius 3 is 1.97 bits per heavy atom. The van der Waals surface area contributed by atoms with Gasteiger partial charge in [-0.3, -0.25) is 4.99 Å². The van der Waals surface area contributed by atoms with Crippen molar-refractivity contribution in [2.45, 2.75) is 19.4 Å². The summed E-state index contributed by atoms with van der Waals surface area (Å²) in [4.78, 5) is 17.7. The molecule has 4 heteroatoms. The molecule has 0 N–H and O–H groups in total. The number of ether oxygens (including phenoxy) is 2. The number of esters is 1. The second-order valence-corrected chi connectivity index (χ2v) is 6.49. The van der Waals surface area contributed by atoms with Crippen molar-refractivity contribution in [3.05, 3.63) is 102 Å². The topological polar surface area (TPSA) is 47.9 Å². The standard InChI is InChI=1S/C25H25NO3/c1-3-29-25(27)22(18-21-16-10-11-17-23(21)28-2)26-24(19-12-6-4-7-13-19)20-14-8-5-9-15-20/h4-17,22H,3,18H2,1-2H3/t22-/m0/s1. The van der Waals surface area contributed by atoms with Crippen LogP contribution in [0.3, 0.4) is 0 Å². The molecule has 0 aliphatic rings. The Morgan fingerprint density at radius 2 is 1.41 bits per heavy atom. The van der Waals surface area contributed by atoms with E-state index in [1.165, 1.54) is 0 Å². The fraction of sp³-hybridized carbons (Fsp3) is 0.200. The first kappa shape index (κ1) is 20.3. The molecule has 3 aromatic rings. The molecule has 148 valence electrons. The third-order valence-electron chi connectivity index (χ3n) is 4.54. The van der Waals surface area contributed by atoms with Gasteiger partial charge >= 0.3 is 5.97 Å². The molecule has 0 aromatic heterocycles.